The molecular formula is C65H114BO6. The van der Waals surface area contributed by atoms with Gasteiger partial charge < -0.3 is 19.1 Å². The van der Waals surface area contributed by atoms with Crippen LogP contribution in [0.15, 0.2) is 23.3 Å². The Morgan fingerprint density at radius 1 is 0.528 bits per heavy atom. The highest BCUT2D eigenvalue weighted by Gasteiger charge is 2.61. The zero-order chi connectivity index (χ0) is 51.0. The van der Waals surface area contributed by atoms with Crippen LogP contribution < -0.4 is 0 Å². The van der Waals surface area contributed by atoms with Crippen LogP contribution >= 0.6 is 0 Å². The molecule has 2 N–H and O–H groups in total. The van der Waals surface area contributed by atoms with Crippen LogP contribution in [0.3, 0.4) is 0 Å². The number of carbonyl (C=O) groups excluding carboxylic acids is 2. The Morgan fingerprint density at radius 3 is 1.29 bits per heavy atom. The van der Waals surface area contributed by atoms with Gasteiger partial charge in [0.25, 0.3) is 0 Å². The molecule has 0 aromatic heterocycles. The molecule has 6 nitrogen and oxygen atoms in total. The first-order chi connectivity index (χ1) is 33.4. The molecule has 8 aliphatic rings. The number of aldehydes is 2. The summed E-state index contributed by atoms with van der Waals surface area (Å²) < 4.78 is 12.5. The fourth-order valence-electron chi connectivity index (χ4n) is 18.6. The van der Waals surface area contributed by atoms with Crippen LogP contribution in [-0.2, 0) is 19.1 Å². The van der Waals surface area contributed by atoms with Crippen LogP contribution in [0.25, 0.3) is 0 Å². The average molecular weight is 1000 g/mol. The number of fused-ring (bicyclic) bond motifs is 10. The first-order valence-electron chi connectivity index (χ1n) is 30.1. The fraction of sp³-hybridized carbons (Fsp3) is 0.908. The van der Waals surface area contributed by atoms with Gasteiger partial charge in [0.1, 0.15) is 12.6 Å². The van der Waals surface area contributed by atoms with Gasteiger partial charge in [-0.2, -0.15) is 0 Å². The molecule has 0 bridgehead atoms. The lowest BCUT2D eigenvalue weighted by Gasteiger charge is -2.58. The van der Waals surface area contributed by atoms with Crippen LogP contribution in [0.5, 0.6) is 0 Å². The van der Waals surface area contributed by atoms with Crippen molar-refractivity contribution in [2.75, 3.05) is 13.2 Å². The Hall–Kier alpha value is -1.28. The predicted molar refractivity (Wildman–Crippen MR) is 303 cm³/mol. The van der Waals surface area contributed by atoms with Crippen LogP contribution in [0.4, 0.5) is 0 Å². The normalized spacial score (nSPS) is 38.3. The van der Waals surface area contributed by atoms with Crippen molar-refractivity contribution < 1.29 is 29.6 Å². The van der Waals surface area contributed by atoms with Crippen molar-refractivity contribution in [3.63, 3.8) is 0 Å². The lowest BCUT2D eigenvalue weighted by atomic mass is 9.47. The molecule has 3 radical (unpaired) electrons. The zero-order valence-corrected chi connectivity index (χ0v) is 48.0. The summed E-state index contributed by atoms with van der Waals surface area (Å²) in [4.78, 5) is 21.8. The fourth-order valence-corrected chi connectivity index (χ4v) is 18.6. The van der Waals surface area contributed by atoms with E-state index in [-0.39, 0.29) is 21.9 Å². The lowest BCUT2D eigenvalue weighted by molar-refractivity contribution is -0.176. The SMILES string of the molecule is C.CC(C)CCC[C@@H](C)[C@H]1CC[C@H]2[C@@H]3CC=C4C[C@@H](OCCC(C)C)CC[C@]4(C)[C@H]3CC[C@]12C.CC(C)CCC[C@@H](C)[C@H]1CC[C@H]2[C@@H]3CC=C4C[C@@H](OCCC(C=O)C=O)CC[C@]4(C)[C@H]3CC[C@]12C.OO.[B]. The monoisotopic (exact) mass is 1000 g/mol. The summed E-state index contributed by atoms with van der Waals surface area (Å²) in [5.41, 5.74) is 5.40. The molecule has 72 heavy (non-hydrogen) atoms. The molecule has 0 spiro atoms. The van der Waals surface area contributed by atoms with Crippen LogP contribution in [0.1, 0.15) is 245 Å². The molecule has 413 valence electrons. The maximum absolute atomic E-state index is 10.9. The second-order valence-electron chi connectivity index (χ2n) is 28.0. The maximum atomic E-state index is 10.9. The predicted octanol–water partition coefficient (Wildman–Crippen LogP) is 17.5. The molecule has 0 aromatic rings. The third kappa shape index (κ3) is 13.9. The highest BCUT2D eigenvalue weighted by atomic mass is 17.0. The van der Waals surface area contributed by atoms with Gasteiger partial charge in [-0.15, -0.1) is 0 Å². The van der Waals surface area contributed by atoms with Gasteiger partial charge in [0.15, 0.2) is 0 Å². The number of allylic oxidation sites excluding steroid dienone is 2. The summed E-state index contributed by atoms with van der Waals surface area (Å²) in [5, 5.41) is 12.0. The second kappa shape index (κ2) is 27.9. The number of hydrogen-bond donors (Lipinski definition) is 2. The van der Waals surface area contributed by atoms with Gasteiger partial charge in [-0.1, -0.05) is 152 Å². The molecule has 0 amide bonds. The third-order valence-electron chi connectivity index (χ3n) is 22.7. The van der Waals surface area contributed by atoms with E-state index in [1.165, 1.54) is 135 Å². The van der Waals surface area contributed by atoms with Gasteiger partial charge in [-0.25, -0.2) is 0 Å². The minimum Gasteiger partial charge on any atom is -0.378 e. The molecular weight excluding hydrogens is 888 g/mol. The topological polar surface area (TPSA) is 93.1 Å². The molecule has 8 aliphatic carbocycles. The Morgan fingerprint density at radius 2 is 0.917 bits per heavy atom. The zero-order valence-electron chi connectivity index (χ0n) is 48.0. The minimum absolute atomic E-state index is 0. The van der Waals surface area contributed by atoms with E-state index in [9.17, 15) is 9.59 Å². The Bertz CT molecular complexity index is 1700. The molecule has 0 saturated heterocycles. The van der Waals surface area contributed by atoms with Crippen molar-refractivity contribution in [3.8, 4) is 0 Å². The summed E-state index contributed by atoms with van der Waals surface area (Å²) in [7, 11) is 0. The number of hydrogen-bond acceptors (Lipinski definition) is 6. The van der Waals surface area contributed by atoms with E-state index >= 15 is 0 Å². The molecule has 6 fully saturated rings. The van der Waals surface area contributed by atoms with Gasteiger partial charge >= 0.3 is 0 Å². The van der Waals surface area contributed by atoms with E-state index in [1.807, 2.05) is 0 Å². The minimum atomic E-state index is -0.511. The molecule has 0 heterocycles. The van der Waals surface area contributed by atoms with Gasteiger partial charge in [-0.3, -0.25) is 10.5 Å². The number of carbonyl (C=O) groups is 2. The van der Waals surface area contributed by atoms with Gasteiger partial charge in [0.05, 0.1) is 18.1 Å². The molecule has 7 heteroatoms. The van der Waals surface area contributed by atoms with Crippen molar-refractivity contribution in [3.05, 3.63) is 23.3 Å². The summed E-state index contributed by atoms with van der Waals surface area (Å²) in [5.74, 6) is 11.1. The van der Waals surface area contributed by atoms with Crippen LogP contribution in [0, 0.1) is 105 Å². The average Bonchev–Trinajstić information content (AvgIpc) is 3.88. The van der Waals surface area contributed by atoms with Crippen LogP contribution in [0.2, 0.25) is 0 Å². The standard InChI is InChI=1S/C32H52O3.C32H56O.CH4.B.H2O2/c1-22(2)7-6-8-23(3)28-11-12-29-27-10-9-25-19-26(35-18-15-24(20-33)21-34)13-16-31(25,4)30(27)14-17-32(28,29)5;1-22(2)9-8-10-24(5)28-13-14-29-27-12-11-25-21-26(33-20-17-23(3)4)15-18-31(25,6)30(27)16-19-32(28,29)7;;;1-2/h9,20-24,26-30H,6-8,10-19H2,1-5H3;11,22-24,26-30H,8-10,12-21H2,1-7H3;1H4;;1-2H/t23-,26+,27+,28-,29+,30+,31+,32-;24-,26+,27+,28-,29+,30+,31+,32-;;;/m11.../s1. The quantitative estimate of drug-likeness (QED) is 0.0315. The Kier molecular flexibility index (Phi) is 24.5. The highest BCUT2D eigenvalue weighted by Crippen LogP contribution is 2.69. The summed E-state index contributed by atoms with van der Waals surface area (Å²) in [6.07, 6.45) is 39.5. The smallest absolute Gasteiger partial charge is 0.130 e. The maximum Gasteiger partial charge on any atom is 0.130 e. The first-order valence-corrected chi connectivity index (χ1v) is 30.1. The van der Waals surface area contributed by atoms with Crippen molar-refractivity contribution in [2.24, 2.45) is 105 Å². The molecule has 0 unspecified atom stereocenters. The van der Waals surface area contributed by atoms with Crippen molar-refractivity contribution in [1.29, 1.82) is 0 Å². The van der Waals surface area contributed by atoms with E-state index in [4.69, 9.17) is 20.0 Å². The lowest BCUT2D eigenvalue weighted by Crippen LogP contribution is -2.51. The molecule has 0 aromatic carbocycles. The van der Waals surface area contributed by atoms with Crippen LogP contribution in [-0.4, -0.2) is 56.9 Å². The van der Waals surface area contributed by atoms with Crippen molar-refractivity contribution in [2.45, 2.75) is 257 Å². The highest BCUT2D eigenvalue weighted by molar-refractivity contribution is 5.77. The number of ether oxygens (including phenoxy) is 2. The Labute approximate surface area is 446 Å². The van der Waals surface area contributed by atoms with Crippen molar-refractivity contribution >= 4 is 21.0 Å². The largest absolute Gasteiger partial charge is 0.378 e. The van der Waals surface area contributed by atoms with Gasteiger partial charge in [0, 0.05) is 21.6 Å². The molecule has 16 atom stereocenters. The van der Waals surface area contributed by atoms with E-state index in [0.29, 0.717) is 40.8 Å². The summed E-state index contributed by atoms with van der Waals surface area (Å²) >= 11 is 0. The Balaban J connectivity index is 0.000000295. The first kappa shape index (κ1) is 63.3. The summed E-state index contributed by atoms with van der Waals surface area (Å²) in [6.45, 7) is 31.4. The number of rotatable bonds is 20. The second-order valence-corrected chi connectivity index (χ2v) is 28.0. The summed E-state index contributed by atoms with van der Waals surface area (Å²) in [6, 6.07) is 0. The van der Waals surface area contributed by atoms with E-state index < -0.39 is 5.92 Å². The van der Waals surface area contributed by atoms with E-state index in [1.54, 1.807) is 11.1 Å². The van der Waals surface area contributed by atoms with E-state index in [0.717, 1.165) is 109 Å². The van der Waals surface area contributed by atoms with E-state index in [2.05, 4.69) is 95.2 Å². The molecule has 6 saturated carbocycles. The van der Waals surface area contributed by atoms with Gasteiger partial charge in [-0.05, 0) is 214 Å². The van der Waals surface area contributed by atoms with Gasteiger partial charge in [0.2, 0.25) is 0 Å². The third-order valence-corrected chi connectivity index (χ3v) is 22.7. The molecule has 0 aliphatic heterocycles. The van der Waals surface area contributed by atoms with Crippen molar-refractivity contribution in [1.82, 2.24) is 0 Å². The molecule has 8 rings (SSSR count).